The number of ether oxygens (including phenoxy) is 1. The summed E-state index contributed by atoms with van der Waals surface area (Å²) in [5, 5.41) is 14.3. The van der Waals surface area contributed by atoms with Gasteiger partial charge in [-0.2, -0.15) is 5.21 Å². The molecular formula is C24H20N6O3. The molecule has 5 aromatic rings. The molecule has 164 valence electrons. The summed E-state index contributed by atoms with van der Waals surface area (Å²) in [7, 11) is 0. The second-order valence-corrected chi connectivity index (χ2v) is 7.42. The number of nitrogens with zero attached hydrogens (tertiary/aromatic N) is 4. The first-order chi connectivity index (χ1) is 16.2. The van der Waals surface area contributed by atoms with Crippen molar-refractivity contribution in [3.63, 3.8) is 0 Å². The zero-order valence-corrected chi connectivity index (χ0v) is 17.8. The predicted octanol–water partition coefficient (Wildman–Crippen LogP) is 3.40. The fourth-order valence-electron chi connectivity index (χ4n) is 3.92. The van der Waals surface area contributed by atoms with Crippen molar-refractivity contribution < 1.29 is 9.53 Å². The van der Waals surface area contributed by atoms with Crippen molar-refractivity contribution in [2.24, 2.45) is 0 Å². The lowest BCUT2D eigenvalue weighted by molar-refractivity contribution is 0.0528. The summed E-state index contributed by atoms with van der Waals surface area (Å²) in [5.74, 6) is 0.0655. The van der Waals surface area contributed by atoms with Crippen molar-refractivity contribution >= 4 is 17.0 Å². The number of carbonyl (C=O) groups excluding carboxylic acids is 1. The average Bonchev–Trinajstić information content (AvgIpc) is 3.48. The van der Waals surface area contributed by atoms with Crippen molar-refractivity contribution in [2.75, 3.05) is 6.61 Å². The van der Waals surface area contributed by atoms with Crippen LogP contribution in [0.1, 0.15) is 22.8 Å². The van der Waals surface area contributed by atoms with Gasteiger partial charge in [-0.1, -0.05) is 54.6 Å². The first-order valence-electron chi connectivity index (χ1n) is 10.5. The molecule has 0 bridgehead atoms. The Morgan fingerprint density at radius 3 is 2.52 bits per heavy atom. The number of aromatic nitrogens is 6. The lowest BCUT2D eigenvalue weighted by Gasteiger charge is -2.10. The van der Waals surface area contributed by atoms with Gasteiger partial charge in [0.1, 0.15) is 0 Å². The summed E-state index contributed by atoms with van der Waals surface area (Å²) in [6.07, 6.45) is 0. The number of rotatable bonds is 6. The Morgan fingerprint density at radius 1 is 1.00 bits per heavy atom. The van der Waals surface area contributed by atoms with Crippen LogP contribution in [0.3, 0.4) is 0 Å². The largest absolute Gasteiger partial charge is 0.462 e. The second kappa shape index (κ2) is 8.54. The van der Waals surface area contributed by atoms with Gasteiger partial charge in [0.2, 0.25) is 5.82 Å². The van der Waals surface area contributed by atoms with Gasteiger partial charge in [-0.25, -0.2) is 9.59 Å². The summed E-state index contributed by atoms with van der Waals surface area (Å²) in [6.45, 7) is 2.32. The van der Waals surface area contributed by atoms with Gasteiger partial charge in [-0.3, -0.25) is 4.57 Å². The van der Waals surface area contributed by atoms with E-state index in [0.29, 0.717) is 29.0 Å². The number of benzene rings is 3. The van der Waals surface area contributed by atoms with Gasteiger partial charge in [-0.05, 0) is 41.0 Å². The first-order valence-corrected chi connectivity index (χ1v) is 10.5. The van der Waals surface area contributed by atoms with E-state index in [1.807, 2.05) is 48.5 Å². The summed E-state index contributed by atoms with van der Waals surface area (Å²) >= 11 is 0. The van der Waals surface area contributed by atoms with Crippen LogP contribution in [0.4, 0.5) is 0 Å². The lowest BCUT2D eigenvalue weighted by atomic mass is 9.98. The standard InChI is InChI=1S/C24H20N6O3/c1-2-33-23(31)19-8-5-9-20-21(19)30(24(32)25-20)14-15-10-12-16(13-11-15)17-6-3-4-7-18(17)22-26-28-29-27-22/h3-13H,2,14H2,1H3,(H,25,32)(H,26,27,28,29). The van der Waals surface area contributed by atoms with Gasteiger partial charge in [0, 0.05) is 5.56 Å². The van der Waals surface area contributed by atoms with E-state index in [4.69, 9.17) is 4.74 Å². The highest BCUT2D eigenvalue weighted by Crippen LogP contribution is 2.30. The summed E-state index contributed by atoms with van der Waals surface area (Å²) in [6, 6.07) is 20.9. The zero-order chi connectivity index (χ0) is 22.8. The molecule has 0 fully saturated rings. The maximum Gasteiger partial charge on any atom is 0.340 e. The van der Waals surface area contributed by atoms with Crippen LogP contribution in [0.5, 0.6) is 0 Å². The summed E-state index contributed by atoms with van der Waals surface area (Å²) in [5.41, 5.74) is 4.94. The van der Waals surface area contributed by atoms with Gasteiger partial charge in [0.05, 0.1) is 29.7 Å². The Morgan fingerprint density at radius 2 is 1.79 bits per heavy atom. The SMILES string of the molecule is CCOC(=O)c1cccc2[nH]c(=O)n(Cc3ccc(-c4ccccc4-c4nn[nH]n4)cc3)c12. The van der Waals surface area contributed by atoms with E-state index in [0.717, 1.165) is 22.3 Å². The number of imidazole rings is 1. The van der Waals surface area contributed by atoms with Gasteiger partial charge in [0.25, 0.3) is 0 Å². The molecule has 2 N–H and O–H groups in total. The minimum absolute atomic E-state index is 0.261. The highest BCUT2D eigenvalue weighted by molar-refractivity contribution is 6.02. The van der Waals surface area contributed by atoms with Crippen LogP contribution < -0.4 is 5.69 Å². The molecule has 9 heteroatoms. The Labute approximate surface area is 188 Å². The maximum atomic E-state index is 12.7. The molecule has 0 saturated carbocycles. The van der Waals surface area contributed by atoms with E-state index in [2.05, 4.69) is 25.6 Å². The minimum atomic E-state index is -0.454. The van der Waals surface area contributed by atoms with Crippen molar-refractivity contribution in [1.82, 2.24) is 30.2 Å². The number of hydrogen-bond donors (Lipinski definition) is 2. The van der Waals surface area contributed by atoms with Crippen LogP contribution in [0.2, 0.25) is 0 Å². The Balaban J connectivity index is 1.50. The second-order valence-electron chi connectivity index (χ2n) is 7.42. The number of aromatic amines is 2. The zero-order valence-electron chi connectivity index (χ0n) is 17.8. The number of hydrogen-bond acceptors (Lipinski definition) is 6. The number of H-pyrrole nitrogens is 2. The van der Waals surface area contributed by atoms with Crippen LogP contribution in [0, 0.1) is 0 Å². The third kappa shape index (κ3) is 3.80. The fourth-order valence-corrected chi connectivity index (χ4v) is 3.92. The molecular weight excluding hydrogens is 420 g/mol. The molecule has 0 spiro atoms. The number of para-hydroxylation sites is 1. The smallest absolute Gasteiger partial charge is 0.340 e. The van der Waals surface area contributed by atoms with Crippen molar-refractivity contribution in [1.29, 1.82) is 0 Å². The van der Waals surface area contributed by atoms with Crippen LogP contribution in [0.25, 0.3) is 33.5 Å². The van der Waals surface area contributed by atoms with Gasteiger partial charge in [0.15, 0.2) is 0 Å². The van der Waals surface area contributed by atoms with Crippen LogP contribution in [-0.2, 0) is 11.3 Å². The summed E-state index contributed by atoms with van der Waals surface area (Å²) in [4.78, 5) is 27.9. The van der Waals surface area contributed by atoms with Crippen molar-refractivity contribution in [2.45, 2.75) is 13.5 Å². The van der Waals surface area contributed by atoms with Crippen LogP contribution in [-0.4, -0.2) is 42.8 Å². The van der Waals surface area contributed by atoms with E-state index in [-0.39, 0.29) is 12.3 Å². The molecule has 0 aliphatic carbocycles. The number of esters is 1. The quantitative estimate of drug-likeness (QED) is 0.391. The first kappa shape index (κ1) is 20.4. The molecule has 9 nitrogen and oxygen atoms in total. The lowest BCUT2D eigenvalue weighted by Crippen LogP contribution is -2.18. The Kier molecular flexibility index (Phi) is 5.27. The summed E-state index contributed by atoms with van der Waals surface area (Å²) < 4.78 is 6.73. The highest BCUT2D eigenvalue weighted by Gasteiger charge is 2.17. The average molecular weight is 440 g/mol. The van der Waals surface area contributed by atoms with Crippen LogP contribution >= 0.6 is 0 Å². The Bertz CT molecular complexity index is 1480. The maximum absolute atomic E-state index is 12.7. The molecule has 0 unspecified atom stereocenters. The number of carbonyl (C=O) groups is 1. The van der Waals surface area contributed by atoms with Gasteiger partial charge in [-0.15, -0.1) is 10.2 Å². The molecule has 0 radical (unpaired) electrons. The molecule has 3 aromatic carbocycles. The molecule has 0 atom stereocenters. The normalized spacial score (nSPS) is 11.1. The molecule has 2 aromatic heterocycles. The molecule has 0 amide bonds. The van der Waals surface area contributed by atoms with E-state index in [9.17, 15) is 9.59 Å². The number of fused-ring (bicyclic) bond motifs is 1. The predicted molar refractivity (Wildman–Crippen MR) is 123 cm³/mol. The van der Waals surface area contributed by atoms with E-state index in [1.54, 1.807) is 29.7 Å². The fraction of sp³-hybridized carbons (Fsp3) is 0.125. The van der Waals surface area contributed by atoms with Crippen molar-refractivity contribution in [3.8, 4) is 22.5 Å². The molecule has 2 heterocycles. The topological polar surface area (TPSA) is 119 Å². The number of nitrogens with one attached hydrogen (secondary N) is 2. The van der Waals surface area contributed by atoms with Crippen LogP contribution in [0.15, 0.2) is 71.5 Å². The third-order valence-corrected chi connectivity index (χ3v) is 5.41. The van der Waals surface area contributed by atoms with E-state index < -0.39 is 5.97 Å². The van der Waals surface area contributed by atoms with E-state index >= 15 is 0 Å². The third-order valence-electron chi connectivity index (χ3n) is 5.41. The monoisotopic (exact) mass is 440 g/mol. The highest BCUT2D eigenvalue weighted by atomic mass is 16.5. The Hall–Kier alpha value is -4.53. The molecule has 0 aliphatic rings. The van der Waals surface area contributed by atoms with Gasteiger partial charge >= 0.3 is 11.7 Å². The van der Waals surface area contributed by atoms with Gasteiger partial charge < -0.3 is 9.72 Å². The minimum Gasteiger partial charge on any atom is -0.462 e. The van der Waals surface area contributed by atoms with E-state index in [1.165, 1.54) is 0 Å². The molecule has 0 aliphatic heterocycles. The molecule has 5 rings (SSSR count). The number of tetrazole rings is 1. The molecule has 0 saturated heterocycles. The van der Waals surface area contributed by atoms with Crippen molar-refractivity contribution in [3.05, 3.63) is 88.3 Å². The molecule has 33 heavy (non-hydrogen) atoms.